The summed E-state index contributed by atoms with van der Waals surface area (Å²) in [5.41, 5.74) is -1.38. The number of carbonyl (C=O) groups excluding carboxylic acids is 1. The molecule has 0 aliphatic carbocycles. The molecule has 2 rings (SSSR count). The first kappa shape index (κ1) is 14.2. The number of ketones is 1. The van der Waals surface area contributed by atoms with Gasteiger partial charge in [-0.15, -0.1) is 0 Å². The fraction of sp³-hybridized carbons (Fsp3) is 0.133. The van der Waals surface area contributed by atoms with Gasteiger partial charge >= 0.3 is 6.18 Å². The first-order valence-corrected chi connectivity index (χ1v) is 5.78. The molecule has 104 valence electrons. The van der Waals surface area contributed by atoms with Crippen LogP contribution in [0.3, 0.4) is 0 Å². The Balaban J connectivity index is 2.57. The minimum Gasteiger partial charge on any atom is -0.288 e. The lowest BCUT2D eigenvalue weighted by Crippen LogP contribution is -2.14. The Hall–Kier alpha value is -2.17. The van der Waals surface area contributed by atoms with Crippen molar-refractivity contribution < 1.29 is 22.4 Å². The predicted molar refractivity (Wildman–Crippen MR) is 66.0 cm³/mol. The highest BCUT2D eigenvalue weighted by Gasteiger charge is 2.35. The number of hydrogen-bond donors (Lipinski definition) is 0. The second kappa shape index (κ2) is 5.07. The molecule has 0 atom stereocenters. The van der Waals surface area contributed by atoms with Crippen molar-refractivity contribution in [3.63, 3.8) is 0 Å². The molecule has 5 heteroatoms. The first-order valence-electron chi connectivity index (χ1n) is 5.78. The van der Waals surface area contributed by atoms with E-state index in [4.69, 9.17) is 0 Å². The normalized spacial score (nSPS) is 11.4. The molecule has 2 aromatic carbocycles. The fourth-order valence-electron chi connectivity index (χ4n) is 1.89. The quantitative estimate of drug-likeness (QED) is 0.590. The number of alkyl halides is 3. The zero-order chi connectivity index (χ0) is 14.9. The topological polar surface area (TPSA) is 17.1 Å². The molecule has 0 saturated heterocycles. The molecule has 0 unspecified atom stereocenters. The van der Waals surface area contributed by atoms with Crippen LogP contribution in [-0.2, 0) is 6.18 Å². The Morgan fingerprint density at radius 1 is 1.00 bits per heavy atom. The van der Waals surface area contributed by atoms with Crippen LogP contribution in [0, 0.1) is 12.7 Å². The third kappa shape index (κ3) is 2.71. The molecule has 0 bridgehead atoms. The number of hydrogen-bond acceptors (Lipinski definition) is 1. The molecular formula is C15H10F4O. The third-order valence-corrected chi connectivity index (χ3v) is 2.84. The van der Waals surface area contributed by atoms with E-state index in [0.717, 1.165) is 18.2 Å². The van der Waals surface area contributed by atoms with E-state index in [1.807, 2.05) is 0 Å². The van der Waals surface area contributed by atoms with Gasteiger partial charge in [-0.1, -0.05) is 29.8 Å². The molecule has 20 heavy (non-hydrogen) atoms. The summed E-state index contributed by atoms with van der Waals surface area (Å²) in [6.45, 7) is 1.63. The van der Waals surface area contributed by atoms with Crippen molar-refractivity contribution in [3.8, 4) is 0 Å². The molecule has 0 aliphatic heterocycles. The molecule has 2 aromatic rings. The van der Waals surface area contributed by atoms with Gasteiger partial charge < -0.3 is 0 Å². The monoisotopic (exact) mass is 282 g/mol. The summed E-state index contributed by atoms with van der Waals surface area (Å²) in [5.74, 6) is -1.81. The van der Waals surface area contributed by atoms with Crippen LogP contribution in [0.2, 0.25) is 0 Å². The lowest BCUT2D eigenvalue weighted by molar-refractivity contribution is -0.137. The summed E-state index contributed by atoms with van der Waals surface area (Å²) in [6, 6.07) is 8.11. The highest BCUT2D eigenvalue weighted by atomic mass is 19.4. The molecule has 0 spiro atoms. The third-order valence-electron chi connectivity index (χ3n) is 2.84. The van der Waals surface area contributed by atoms with Crippen molar-refractivity contribution in [3.05, 3.63) is 70.5 Å². The van der Waals surface area contributed by atoms with Crippen molar-refractivity contribution in [2.45, 2.75) is 13.1 Å². The molecule has 0 saturated carbocycles. The summed E-state index contributed by atoms with van der Waals surface area (Å²) < 4.78 is 52.2. The Bertz CT molecular complexity index is 659. The molecule has 0 radical (unpaired) electrons. The van der Waals surface area contributed by atoms with Gasteiger partial charge in [0.15, 0.2) is 5.78 Å². The van der Waals surface area contributed by atoms with Crippen molar-refractivity contribution in [1.82, 2.24) is 0 Å². The van der Waals surface area contributed by atoms with Crippen LogP contribution in [0.25, 0.3) is 0 Å². The second-order valence-corrected chi connectivity index (χ2v) is 4.36. The molecule has 0 fully saturated rings. The van der Waals surface area contributed by atoms with Crippen LogP contribution in [0.5, 0.6) is 0 Å². The molecule has 0 heterocycles. The van der Waals surface area contributed by atoms with Gasteiger partial charge in [-0.05, 0) is 25.1 Å². The van der Waals surface area contributed by atoms with E-state index in [9.17, 15) is 22.4 Å². The lowest BCUT2D eigenvalue weighted by Gasteiger charge is -2.12. The molecule has 0 aliphatic rings. The lowest BCUT2D eigenvalue weighted by atomic mass is 9.97. The highest BCUT2D eigenvalue weighted by Crippen LogP contribution is 2.33. The van der Waals surface area contributed by atoms with Gasteiger partial charge in [0.2, 0.25) is 0 Å². The Labute approximate surface area is 112 Å². The minimum atomic E-state index is -4.66. The summed E-state index contributed by atoms with van der Waals surface area (Å²) in [5, 5.41) is 0. The van der Waals surface area contributed by atoms with Crippen LogP contribution in [0.1, 0.15) is 27.0 Å². The van der Waals surface area contributed by atoms with Crippen LogP contribution in [-0.4, -0.2) is 5.78 Å². The standard InChI is InChI=1S/C15H10F4O/c1-9-6-7-13(16)11(8-9)14(20)10-4-2-3-5-12(10)15(17,18)19/h2-8H,1H3. The van der Waals surface area contributed by atoms with Crippen LogP contribution in [0.15, 0.2) is 42.5 Å². The van der Waals surface area contributed by atoms with E-state index in [-0.39, 0.29) is 5.56 Å². The summed E-state index contributed by atoms with van der Waals surface area (Å²) in [6.07, 6.45) is -4.66. The summed E-state index contributed by atoms with van der Waals surface area (Å²) in [7, 11) is 0. The summed E-state index contributed by atoms with van der Waals surface area (Å²) >= 11 is 0. The van der Waals surface area contributed by atoms with Crippen molar-refractivity contribution >= 4 is 5.78 Å². The number of aryl methyl sites for hydroxylation is 1. The fourth-order valence-corrected chi connectivity index (χ4v) is 1.89. The van der Waals surface area contributed by atoms with E-state index in [1.165, 1.54) is 24.3 Å². The van der Waals surface area contributed by atoms with E-state index in [0.29, 0.717) is 5.56 Å². The van der Waals surface area contributed by atoms with Crippen molar-refractivity contribution in [2.24, 2.45) is 0 Å². The van der Waals surface area contributed by atoms with Gasteiger partial charge in [0.1, 0.15) is 5.82 Å². The van der Waals surface area contributed by atoms with Gasteiger partial charge in [-0.3, -0.25) is 4.79 Å². The zero-order valence-electron chi connectivity index (χ0n) is 10.5. The Morgan fingerprint density at radius 2 is 1.65 bits per heavy atom. The summed E-state index contributed by atoms with van der Waals surface area (Å²) in [4.78, 5) is 12.1. The first-order chi connectivity index (χ1) is 9.30. The van der Waals surface area contributed by atoms with E-state index < -0.39 is 28.9 Å². The maximum Gasteiger partial charge on any atom is 0.417 e. The van der Waals surface area contributed by atoms with E-state index in [1.54, 1.807) is 6.92 Å². The average Bonchev–Trinajstić information content (AvgIpc) is 2.40. The van der Waals surface area contributed by atoms with Gasteiger partial charge in [0.25, 0.3) is 0 Å². The number of rotatable bonds is 2. The largest absolute Gasteiger partial charge is 0.417 e. The maximum absolute atomic E-state index is 13.6. The van der Waals surface area contributed by atoms with E-state index >= 15 is 0 Å². The van der Waals surface area contributed by atoms with E-state index in [2.05, 4.69) is 0 Å². The van der Waals surface area contributed by atoms with Gasteiger partial charge in [0.05, 0.1) is 11.1 Å². The smallest absolute Gasteiger partial charge is 0.288 e. The van der Waals surface area contributed by atoms with Crippen LogP contribution in [0.4, 0.5) is 17.6 Å². The maximum atomic E-state index is 13.6. The predicted octanol–water partition coefficient (Wildman–Crippen LogP) is 4.38. The average molecular weight is 282 g/mol. The SMILES string of the molecule is Cc1ccc(F)c(C(=O)c2ccccc2C(F)(F)F)c1. The second-order valence-electron chi connectivity index (χ2n) is 4.36. The van der Waals surface area contributed by atoms with Crippen LogP contribution >= 0.6 is 0 Å². The molecule has 0 N–H and O–H groups in total. The Kier molecular flexibility index (Phi) is 3.61. The molecule has 0 aromatic heterocycles. The van der Waals surface area contributed by atoms with Crippen LogP contribution < -0.4 is 0 Å². The van der Waals surface area contributed by atoms with Crippen molar-refractivity contribution in [1.29, 1.82) is 0 Å². The number of halogens is 4. The molecule has 0 amide bonds. The number of benzene rings is 2. The van der Waals surface area contributed by atoms with Gasteiger partial charge in [0, 0.05) is 5.56 Å². The van der Waals surface area contributed by atoms with Crippen molar-refractivity contribution in [2.75, 3.05) is 0 Å². The Morgan fingerprint density at radius 3 is 2.30 bits per heavy atom. The van der Waals surface area contributed by atoms with Gasteiger partial charge in [-0.25, -0.2) is 4.39 Å². The van der Waals surface area contributed by atoms with Gasteiger partial charge in [-0.2, -0.15) is 13.2 Å². The molecule has 1 nitrogen and oxygen atoms in total. The zero-order valence-corrected chi connectivity index (χ0v) is 10.5. The number of carbonyl (C=O) groups is 1. The highest BCUT2D eigenvalue weighted by molar-refractivity contribution is 6.10. The molecular weight excluding hydrogens is 272 g/mol. The minimum absolute atomic E-state index is 0.360.